The highest BCUT2D eigenvalue weighted by Crippen LogP contribution is 2.33. The molecule has 7 nitrogen and oxygen atoms in total. The average Bonchev–Trinajstić information content (AvgIpc) is 3.28. The Morgan fingerprint density at radius 3 is 2.75 bits per heavy atom. The summed E-state index contributed by atoms with van der Waals surface area (Å²) in [7, 11) is -2.08. The molecule has 3 rings (SSSR count). The molecule has 3 N–H and O–H groups in total. The van der Waals surface area contributed by atoms with Gasteiger partial charge in [0.1, 0.15) is 16.3 Å². The summed E-state index contributed by atoms with van der Waals surface area (Å²) >= 11 is 0. The number of benzene rings is 1. The average molecular weight is 373 g/mol. The van der Waals surface area contributed by atoms with Gasteiger partial charge in [-0.15, -0.1) is 12.4 Å². The van der Waals surface area contributed by atoms with E-state index >= 15 is 0 Å². The predicted octanol–water partition coefficient (Wildman–Crippen LogP) is 1.32. The van der Waals surface area contributed by atoms with E-state index in [1.807, 2.05) is 18.2 Å². The van der Waals surface area contributed by atoms with E-state index < -0.39 is 10.0 Å². The van der Waals surface area contributed by atoms with Gasteiger partial charge >= 0.3 is 0 Å². The van der Waals surface area contributed by atoms with E-state index in [0.29, 0.717) is 23.9 Å². The van der Waals surface area contributed by atoms with Gasteiger partial charge in [0.05, 0.1) is 19.5 Å². The summed E-state index contributed by atoms with van der Waals surface area (Å²) in [6.07, 6.45) is 4.84. The lowest BCUT2D eigenvalue weighted by atomic mass is 10.2. The van der Waals surface area contributed by atoms with Crippen LogP contribution in [-0.4, -0.2) is 37.9 Å². The van der Waals surface area contributed by atoms with Gasteiger partial charge in [0.25, 0.3) is 0 Å². The van der Waals surface area contributed by atoms with E-state index in [1.165, 1.54) is 17.1 Å². The minimum Gasteiger partial charge on any atom is -0.494 e. The number of nitrogens with two attached hydrogens (primary N) is 1. The Bertz CT molecular complexity index is 790. The Kier molecular flexibility index (Phi) is 5.87. The van der Waals surface area contributed by atoms with E-state index in [1.54, 1.807) is 13.2 Å². The van der Waals surface area contributed by atoms with E-state index in [2.05, 4.69) is 9.82 Å². The molecule has 1 saturated carbocycles. The predicted molar refractivity (Wildman–Crippen MR) is 93.3 cm³/mol. The summed E-state index contributed by atoms with van der Waals surface area (Å²) in [5, 5.41) is 4.14. The fourth-order valence-electron chi connectivity index (χ4n) is 2.50. The first-order valence-corrected chi connectivity index (χ1v) is 8.94. The van der Waals surface area contributed by atoms with Crippen molar-refractivity contribution in [3.63, 3.8) is 0 Å². The Balaban J connectivity index is 0.00000208. The standard InChI is InChI=1S/C15H20N4O3S.ClH/c1-22-15-5-3-2-4-14(15)19-10-12(9-17-19)23(20,21)18-13(8-16)11-6-7-11;/h2-5,9-11,13,18H,6-8,16H2,1H3;1H. The molecule has 2 aromatic rings. The van der Waals surface area contributed by atoms with Crippen molar-refractivity contribution in [1.29, 1.82) is 0 Å². The van der Waals surface area contributed by atoms with Crippen molar-refractivity contribution in [2.75, 3.05) is 13.7 Å². The van der Waals surface area contributed by atoms with Gasteiger partial charge in [-0.2, -0.15) is 5.10 Å². The Morgan fingerprint density at radius 1 is 1.42 bits per heavy atom. The molecule has 0 amide bonds. The first-order chi connectivity index (χ1) is 11.0. The Hall–Kier alpha value is -1.61. The SMILES string of the molecule is COc1ccccc1-n1cc(S(=O)(=O)NC(CN)C2CC2)cn1.Cl. The first kappa shape index (κ1) is 18.7. The van der Waals surface area contributed by atoms with Gasteiger partial charge in [-0.25, -0.2) is 17.8 Å². The lowest BCUT2D eigenvalue weighted by Crippen LogP contribution is -2.41. The molecule has 1 atom stereocenters. The van der Waals surface area contributed by atoms with E-state index in [-0.39, 0.29) is 23.3 Å². The fraction of sp³-hybridized carbons (Fsp3) is 0.400. The van der Waals surface area contributed by atoms with Crippen LogP contribution in [0.15, 0.2) is 41.6 Å². The molecule has 1 unspecified atom stereocenters. The first-order valence-electron chi connectivity index (χ1n) is 7.45. The van der Waals surface area contributed by atoms with Crippen LogP contribution in [0.3, 0.4) is 0 Å². The number of para-hydroxylation sites is 2. The molecule has 0 aliphatic heterocycles. The van der Waals surface area contributed by atoms with Gasteiger partial charge < -0.3 is 10.5 Å². The second kappa shape index (κ2) is 7.52. The zero-order valence-electron chi connectivity index (χ0n) is 13.3. The van der Waals surface area contributed by atoms with Gasteiger partial charge in [0, 0.05) is 12.6 Å². The largest absolute Gasteiger partial charge is 0.494 e. The summed E-state index contributed by atoms with van der Waals surface area (Å²) in [5.74, 6) is 0.962. The highest BCUT2D eigenvalue weighted by atomic mass is 35.5. The van der Waals surface area contributed by atoms with Crippen LogP contribution in [0.25, 0.3) is 5.69 Å². The normalized spacial score (nSPS) is 15.6. The van der Waals surface area contributed by atoms with E-state index in [9.17, 15) is 8.42 Å². The van der Waals surface area contributed by atoms with Crippen LogP contribution in [0.1, 0.15) is 12.8 Å². The van der Waals surface area contributed by atoms with Crippen LogP contribution < -0.4 is 15.2 Å². The number of ether oxygens (including phenoxy) is 1. The third-order valence-corrected chi connectivity index (χ3v) is 5.40. The molecule has 1 aromatic carbocycles. The molecule has 1 fully saturated rings. The summed E-state index contributed by atoms with van der Waals surface area (Å²) in [6.45, 7) is 0.296. The molecule has 0 spiro atoms. The Morgan fingerprint density at radius 2 is 2.12 bits per heavy atom. The van der Waals surface area contributed by atoms with Crippen LogP contribution in [0.4, 0.5) is 0 Å². The summed E-state index contributed by atoms with van der Waals surface area (Å²) in [4.78, 5) is 0.113. The third-order valence-electron chi connectivity index (χ3n) is 3.95. The quantitative estimate of drug-likeness (QED) is 0.763. The van der Waals surface area contributed by atoms with Crippen molar-refractivity contribution in [2.24, 2.45) is 11.7 Å². The number of hydrogen-bond acceptors (Lipinski definition) is 5. The van der Waals surface area contributed by atoms with Crippen molar-refractivity contribution < 1.29 is 13.2 Å². The number of methoxy groups -OCH3 is 1. The molecule has 1 aliphatic carbocycles. The highest BCUT2D eigenvalue weighted by Gasteiger charge is 2.33. The number of aromatic nitrogens is 2. The molecular weight excluding hydrogens is 352 g/mol. The maximum Gasteiger partial charge on any atom is 0.244 e. The number of nitrogens with zero attached hydrogens (tertiary/aromatic N) is 2. The van der Waals surface area contributed by atoms with Gasteiger partial charge in [-0.3, -0.25) is 0 Å². The van der Waals surface area contributed by atoms with E-state index in [4.69, 9.17) is 10.5 Å². The lowest BCUT2D eigenvalue weighted by molar-refractivity contribution is 0.411. The monoisotopic (exact) mass is 372 g/mol. The highest BCUT2D eigenvalue weighted by molar-refractivity contribution is 7.89. The van der Waals surface area contributed by atoms with Gasteiger partial charge in [-0.1, -0.05) is 12.1 Å². The number of nitrogens with one attached hydrogen (secondary N) is 1. The third kappa shape index (κ3) is 3.89. The summed E-state index contributed by atoms with van der Waals surface area (Å²) in [6, 6.07) is 7.06. The molecule has 0 saturated heterocycles. The number of rotatable bonds is 7. The van der Waals surface area contributed by atoms with Crippen LogP contribution in [0, 0.1) is 5.92 Å². The zero-order valence-corrected chi connectivity index (χ0v) is 14.9. The smallest absolute Gasteiger partial charge is 0.244 e. The number of sulfonamides is 1. The molecule has 24 heavy (non-hydrogen) atoms. The zero-order chi connectivity index (χ0) is 16.4. The van der Waals surface area contributed by atoms with Crippen molar-refractivity contribution in [3.05, 3.63) is 36.7 Å². The molecule has 1 heterocycles. The maximum absolute atomic E-state index is 12.5. The number of halogens is 1. The van der Waals surface area contributed by atoms with Crippen molar-refractivity contribution in [1.82, 2.24) is 14.5 Å². The van der Waals surface area contributed by atoms with Crippen LogP contribution in [0.2, 0.25) is 0 Å². The molecular formula is C15H21ClN4O3S. The summed E-state index contributed by atoms with van der Waals surface area (Å²) < 4.78 is 34.4. The second-order valence-electron chi connectivity index (χ2n) is 5.59. The minimum absolute atomic E-state index is 0. The molecule has 9 heteroatoms. The van der Waals surface area contributed by atoms with Gasteiger partial charge in [-0.05, 0) is 30.9 Å². The van der Waals surface area contributed by atoms with Crippen LogP contribution >= 0.6 is 12.4 Å². The van der Waals surface area contributed by atoms with Crippen molar-refractivity contribution >= 4 is 22.4 Å². The molecule has 0 radical (unpaired) electrons. The fourth-order valence-corrected chi connectivity index (χ4v) is 3.75. The molecule has 0 bridgehead atoms. The van der Waals surface area contributed by atoms with Gasteiger partial charge in [0.2, 0.25) is 10.0 Å². The topological polar surface area (TPSA) is 99.2 Å². The molecule has 1 aromatic heterocycles. The van der Waals surface area contributed by atoms with E-state index in [0.717, 1.165) is 12.8 Å². The number of hydrogen-bond donors (Lipinski definition) is 2. The Labute approximate surface area is 147 Å². The van der Waals surface area contributed by atoms with Gasteiger partial charge in [0.15, 0.2) is 0 Å². The summed E-state index contributed by atoms with van der Waals surface area (Å²) in [5.41, 5.74) is 6.34. The minimum atomic E-state index is -3.64. The molecule has 1 aliphatic rings. The lowest BCUT2D eigenvalue weighted by Gasteiger charge is -2.15. The van der Waals surface area contributed by atoms with Crippen molar-refractivity contribution in [2.45, 2.75) is 23.8 Å². The maximum atomic E-state index is 12.5. The van der Waals surface area contributed by atoms with Crippen LogP contribution in [-0.2, 0) is 10.0 Å². The van der Waals surface area contributed by atoms with Crippen LogP contribution in [0.5, 0.6) is 5.75 Å². The van der Waals surface area contributed by atoms with Crippen molar-refractivity contribution in [3.8, 4) is 11.4 Å². The second-order valence-corrected chi connectivity index (χ2v) is 7.31. The molecule has 132 valence electrons.